The number of carbonyl (C=O) groups excluding carboxylic acids is 1. The van der Waals surface area contributed by atoms with E-state index in [1.807, 2.05) is 11.0 Å². The van der Waals surface area contributed by atoms with Crippen molar-refractivity contribution in [2.45, 2.75) is 11.8 Å². The third-order valence-electron chi connectivity index (χ3n) is 6.94. The third kappa shape index (κ3) is 5.05. The Morgan fingerprint density at radius 3 is 2.26 bits per heavy atom. The van der Waals surface area contributed by atoms with Crippen LogP contribution in [0.1, 0.15) is 16.1 Å². The van der Waals surface area contributed by atoms with Crippen LogP contribution in [-0.4, -0.2) is 54.8 Å². The van der Waals surface area contributed by atoms with Crippen LogP contribution in [0.25, 0.3) is 5.69 Å². The molecule has 0 unspecified atom stereocenters. The molecule has 11 heteroatoms. The standard InChI is InChI=1S/C28H28FN5O4S/c1-20-26(28(36)34(31(20)2)22-10-4-3-5-11-22)30-39(37,38)23-12-8-9-21(19-23)27(35)33-17-15-32(16-18-33)25-14-7-6-13-24(25)29/h3-14,19,30H,15-18H2,1-2H3. The maximum absolute atomic E-state index is 14.2. The van der Waals surface area contributed by atoms with Crippen LogP contribution >= 0.6 is 0 Å². The number of piperazine rings is 1. The van der Waals surface area contributed by atoms with Gasteiger partial charge in [0.05, 0.1) is 22.0 Å². The number of para-hydroxylation sites is 2. The van der Waals surface area contributed by atoms with Gasteiger partial charge < -0.3 is 9.80 Å². The maximum atomic E-state index is 14.2. The van der Waals surface area contributed by atoms with E-state index >= 15 is 0 Å². The zero-order valence-corrected chi connectivity index (χ0v) is 22.4. The molecule has 39 heavy (non-hydrogen) atoms. The van der Waals surface area contributed by atoms with E-state index in [1.165, 1.54) is 28.9 Å². The van der Waals surface area contributed by atoms with E-state index in [0.717, 1.165) is 0 Å². The maximum Gasteiger partial charge on any atom is 0.296 e. The molecule has 0 bridgehead atoms. The van der Waals surface area contributed by atoms with E-state index in [2.05, 4.69) is 4.72 Å². The predicted octanol–water partition coefficient (Wildman–Crippen LogP) is 3.39. The van der Waals surface area contributed by atoms with Gasteiger partial charge in [0.1, 0.15) is 11.5 Å². The van der Waals surface area contributed by atoms with Crippen LogP contribution in [0.5, 0.6) is 0 Å². The van der Waals surface area contributed by atoms with E-state index < -0.39 is 15.6 Å². The summed E-state index contributed by atoms with van der Waals surface area (Å²) in [4.78, 5) is 29.8. The van der Waals surface area contributed by atoms with E-state index in [-0.39, 0.29) is 27.9 Å². The summed E-state index contributed by atoms with van der Waals surface area (Å²) in [6.45, 7) is 3.29. The van der Waals surface area contributed by atoms with Crippen LogP contribution in [0.15, 0.2) is 88.6 Å². The molecule has 0 saturated carbocycles. The molecule has 4 aromatic rings. The first-order chi connectivity index (χ1) is 18.7. The largest absolute Gasteiger partial charge is 0.366 e. The lowest BCUT2D eigenvalue weighted by Gasteiger charge is -2.36. The van der Waals surface area contributed by atoms with Gasteiger partial charge in [-0.3, -0.25) is 19.0 Å². The number of amides is 1. The van der Waals surface area contributed by atoms with Crippen molar-refractivity contribution < 1.29 is 17.6 Å². The Morgan fingerprint density at radius 1 is 0.897 bits per heavy atom. The molecule has 1 fully saturated rings. The van der Waals surface area contributed by atoms with Crippen LogP contribution < -0.4 is 15.2 Å². The number of carbonyl (C=O) groups is 1. The predicted molar refractivity (Wildman–Crippen MR) is 148 cm³/mol. The van der Waals surface area contributed by atoms with E-state index in [0.29, 0.717) is 43.2 Å². The lowest BCUT2D eigenvalue weighted by Crippen LogP contribution is -2.49. The van der Waals surface area contributed by atoms with Gasteiger partial charge in [0.2, 0.25) is 0 Å². The average molecular weight is 550 g/mol. The summed E-state index contributed by atoms with van der Waals surface area (Å²) in [6.07, 6.45) is 0. The van der Waals surface area contributed by atoms with Crippen molar-refractivity contribution in [1.82, 2.24) is 14.3 Å². The van der Waals surface area contributed by atoms with Gasteiger partial charge in [0.25, 0.3) is 21.5 Å². The minimum atomic E-state index is -4.18. The second kappa shape index (κ2) is 10.4. The van der Waals surface area contributed by atoms with Crippen molar-refractivity contribution in [3.8, 4) is 5.69 Å². The molecule has 9 nitrogen and oxygen atoms in total. The van der Waals surface area contributed by atoms with Gasteiger partial charge in [-0.05, 0) is 49.4 Å². The quantitative estimate of drug-likeness (QED) is 0.398. The van der Waals surface area contributed by atoms with Gasteiger partial charge in [0, 0.05) is 38.8 Å². The molecule has 1 N–H and O–H groups in total. The fraction of sp³-hybridized carbons (Fsp3) is 0.214. The zero-order chi connectivity index (χ0) is 27.7. The van der Waals surface area contributed by atoms with Gasteiger partial charge >= 0.3 is 0 Å². The molecular weight excluding hydrogens is 521 g/mol. The van der Waals surface area contributed by atoms with Crippen molar-refractivity contribution in [1.29, 1.82) is 0 Å². The molecule has 1 aliphatic heterocycles. The Labute approximate surface area is 225 Å². The van der Waals surface area contributed by atoms with E-state index in [9.17, 15) is 22.4 Å². The summed E-state index contributed by atoms with van der Waals surface area (Å²) in [7, 11) is -2.50. The first-order valence-electron chi connectivity index (χ1n) is 12.4. The Kier molecular flexibility index (Phi) is 7.00. The fourth-order valence-electron chi connectivity index (χ4n) is 4.72. The Morgan fingerprint density at radius 2 is 1.56 bits per heavy atom. The number of anilines is 2. The average Bonchev–Trinajstić information content (AvgIpc) is 3.16. The van der Waals surface area contributed by atoms with Crippen molar-refractivity contribution in [3.63, 3.8) is 0 Å². The molecule has 1 amide bonds. The number of benzene rings is 3. The van der Waals surface area contributed by atoms with Crippen molar-refractivity contribution >= 4 is 27.3 Å². The summed E-state index contributed by atoms with van der Waals surface area (Å²) in [6, 6.07) is 21.2. The number of halogens is 1. The summed E-state index contributed by atoms with van der Waals surface area (Å²) in [5.41, 5.74) is 1.16. The molecule has 202 valence electrons. The fourth-order valence-corrected chi connectivity index (χ4v) is 5.88. The Balaban J connectivity index is 1.34. The molecular formula is C28H28FN5O4S. The Bertz CT molecular complexity index is 1690. The molecule has 5 rings (SSSR count). The minimum Gasteiger partial charge on any atom is -0.366 e. The number of nitrogens with one attached hydrogen (secondary N) is 1. The highest BCUT2D eigenvalue weighted by Crippen LogP contribution is 2.23. The number of rotatable bonds is 6. The highest BCUT2D eigenvalue weighted by molar-refractivity contribution is 7.92. The molecule has 0 atom stereocenters. The topological polar surface area (TPSA) is 96.7 Å². The number of sulfonamides is 1. The summed E-state index contributed by atoms with van der Waals surface area (Å²) < 4.78 is 46.2. The zero-order valence-electron chi connectivity index (χ0n) is 21.5. The molecule has 2 heterocycles. The van der Waals surface area contributed by atoms with E-state index in [1.54, 1.807) is 72.1 Å². The van der Waals surface area contributed by atoms with Crippen LogP contribution in [0.4, 0.5) is 15.8 Å². The molecule has 1 aliphatic rings. The third-order valence-corrected chi connectivity index (χ3v) is 8.29. The highest BCUT2D eigenvalue weighted by Gasteiger charge is 2.26. The lowest BCUT2D eigenvalue weighted by atomic mass is 10.1. The molecule has 0 spiro atoms. The molecule has 3 aromatic carbocycles. The minimum absolute atomic E-state index is 0.0673. The van der Waals surface area contributed by atoms with Crippen LogP contribution in [0, 0.1) is 12.7 Å². The molecule has 1 saturated heterocycles. The lowest BCUT2D eigenvalue weighted by molar-refractivity contribution is 0.0746. The monoisotopic (exact) mass is 549 g/mol. The van der Waals surface area contributed by atoms with Crippen LogP contribution in [0.3, 0.4) is 0 Å². The highest BCUT2D eigenvalue weighted by atomic mass is 32.2. The SMILES string of the molecule is Cc1c(NS(=O)(=O)c2cccc(C(=O)N3CCN(c4ccccc4F)CC3)c2)c(=O)n(-c2ccccc2)n1C. The van der Waals surface area contributed by atoms with Crippen molar-refractivity contribution in [2.24, 2.45) is 7.05 Å². The number of nitrogens with zero attached hydrogens (tertiary/aromatic N) is 4. The second-order valence-corrected chi connectivity index (χ2v) is 11.0. The van der Waals surface area contributed by atoms with Crippen molar-refractivity contribution in [3.05, 3.63) is 106 Å². The summed E-state index contributed by atoms with van der Waals surface area (Å²) in [5, 5.41) is 0. The van der Waals surface area contributed by atoms with Crippen LogP contribution in [0.2, 0.25) is 0 Å². The first-order valence-corrected chi connectivity index (χ1v) is 13.9. The Hall–Kier alpha value is -4.38. The normalized spacial score (nSPS) is 13.9. The molecule has 0 aliphatic carbocycles. The number of aromatic nitrogens is 2. The van der Waals surface area contributed by atoms with E-state index in [4.69, 9.17) is 0 Å². The number of hydrogen-bond acceptors (Lipinski definition) is 5. The van der Waals surface area contributed by atoms with Gasteiger partial charge in [0.15, 0.2) is 0 Å². The van der Waals surface area contributed by atoms with Gasteiger partial charge in [-0.1, -0.05) is 36.4 Å². The molecule has 1 aromatic heterocycles. The first kappa shape index (κ1) is 26.2. The molecule has 0 radical (unpaired) electrons. The smallest absolute Gasteiger partial charge is 0.296 e. The van der Waals surface area contributed by atoms with Gasteiger partial charge in [-0.15, -0.1) is 0 Å². The summed E-state index contributed by atoms with van der Waals surface area (Å²) in [5.74, 6) is -0.630. The van der Waals surface area contributed by atoms with Gasteiger partial charge in [-0.2, -0.15) is 0 Å². The number of hydrogen-bond donors (Lipinski definition) is 1. The van der Waals surface area contributed by atoms with Gasteiger partial charge in [-0.25, -0.2) is 17.5 Å². The van der Waals surface area contributed by atoms with Crippen LogP contribution in [-0.2, 0) is 17.1 Å². The summed E-state index contributed by atoms with van der Waals surface area (Å²) >= 11 is 0. The van der Waals surface area contributed by atoms with Crippen molar-refractivity contribution in [2.75, 3.05) is 35.8 Å². The second-order valence-electron chi connectivity index (χ2n) is 9.30.